The molecule has 9 nitrogen and oxygen atoms in total. The van der Waals surface area contributed by atoms with Crippen molar-refractivity contribution in [1.29, 1.82) is 0 Å². The minimum atomic E-state index is -0.591. The molecule has 28 heavy (non-hydrogen) atoms. The summed E-state index contributed by atoms with van der Waals surface area (Å²) in [4.78, 5) is 48.4. The summed E-state index contributed by atoms with van der Waals surface area (Å²) in [5.41, 5.74) is 0.490. The van der Waals surface area contributed by atoms with Crippen molar-refractivity contribution in [2.75, 3.05) is 19.0 Å². The number of nitrogens with one attached hydrogen (secondary N) is 1. The Balaban J connectivity index is 1.69. The predicted molar refractivity (Wildman–Crippen MR) is 102 cm³/mol. The molecule has 1 heterocycles. The Morgan fingerprint density at radius 3 is 2.57 bits per heavy atom. The number of fused-ring (bicyclic) bond motifs is 1. The van der Waals surface area contributed by atoms with Crippen LogP contribution in [0, 0.1) is 10.1 Å². The largest absolute Gasteiger partial charge is 0.495 e. The number of anilines is 1. The maximum atomic E-state index is 12.4. The summed E-state index contributed by atoms with van der Waals surface area (Å²) in [5, 5.41) is 13.4. The molecule has 0 spiro atoms. The normalized spacial score (nSPS) is 12.7. The number of hydrogen-bond acceptors (Lipinski definition) is 6. The predicted octanol–water partition coefficient (Wildman–Crippen LogP) is 2.99. The van der Waals surface area contributed by atoms with E-state index >= 15 is 0 Å². The second-order valence-electron chi connectivity index (χ2n) is 5.89. The van der Waals surface area contributed by atoms with Gasteiger partial charge in [0.1, 0.15) is 5.75 Å². The molecule has 144 valence electrons. The quantitative estimate of drug-likeness (QED) is 0.412. The number of nitro groups is 1. The Kier molecular flexibility index (Phi) is 5.41. The average molecular weight is 448 g/mol. The van der Waals surface area contributed by atoms with Crippen molar-refractivity contribution in [1.82, 2.24) is 4.90 Å². The van der Waals surface area contributed by atoms with Gasteiger partial charge in [0, 0.05) is 29.6 Å². The van der Waals surface area contributed by atoms with Crippen molar-refractivity contribution in [3.63, 3.8) is 0 Å². The van der Waals surface area contributed by atoms with E-state index < -0.39 is 22.6 Å². The third-order valence-corrected chi connectivity index (χ3v) is 4.66. The Morgan fingerprint density at radius 1 is 1.18 bits per heavy atom. The number of benzene rings is 2. The number of carbonyl (C=O) groups is 3. The van der Waals surface area contributed by atoms with Crippen LogP contribution in [0.5, 0.6) is 5.75 Å². The molecule has 2 aromatic carbocycles. The molecule has 0 fully saturated rings. The molecule has 0 bridgehead atoms. The molecule has 0 aromatic heterocycles. The van der Waals surface area contributed by atoms with Crippen LogP contribution in [0.2, 0.25) is 0 Å². The zero-order valence-corrected chi connectivity index (χ0v) is 16.2. The standard InChI is InChI=1S/C18H14BrN3O6/c1-28-15-5-3-11(22(26)27)9-14(15)20-16(23)6-7-21-17(24)12-4-2-10(19)8-13(12)18(21)25/h2-5,8-9H,6-7H2,1H3,(H,20,23). The first-order valence-electron chi connectivity index (χ1n) is 8.10. The Bertz CT molecular complexity index is 1010. The lowest BCUT2D eigenvalue weighted by molar-refractivity contribution is -0.384. The molecule has 0 radical (unpaired) electrons. The topological polar surface area (TPSA) is 119 Å². The van der Waals surface area contributed by atoms with Crippen LogP contribution in [0.3, 0.4) is 0 Å². The van der Waals surface area contributed by atoms with Crippen LogP contribution in [0.25, 0.3) is 0 Å². The molecule has 0 aliphatic carbocycles. The number of halogens is 1. The molecule has 3 amide bonds. The van der Waals surface area contributed by atoms with E-state index in [4.69, 9.17) is 4.74 Å². The van der Waals surface area contributed by atoms with E-state index in [2.05, 4.69) is 21.2 Å². The highest BCUT2D eigenvalue weighted by Gasteiger charge is 2.35. The lowest BCUT2D eigenvalue weighted by atomic mass is 10.1. The molecule has 1 aliphatic heterocycles. The van der Waals surface area contributed by atoms with Gasteiger partial charge in [-0.05, 0) is 24.3 Å². The summed E-state index contributed by atoms with van der Waals surface area (Å²) < 4.78 is 5.76. The van der Waals surface area contributed by atoms with Gasteiger partial charge in [0.25, 0.3) is 17.5 Å². The van der Waals surface area contributed by atoms with Crippen molar-refractivity contribution in [2.45, 2.75) is 6.42 Å². The summed E-state index contributed by atoms with van der Waals surface area (Å²) >= 11 is 3.26. The van der Waals surface area contributed by atoms with Gasteiger partial charge in [-0.25, -0.2) is 0 Å². The number of amides is 3. The van der Waals surface area contributed by atoms with E-state index in [1.165, 1.54) is 25.3 Å². The van der Waals surface area contributed by atoms with E-state index in [0.717, 1.165) is 4.90 Å². The van der Waals surface area contributed by atoms with E-state index in [-0.39, 0.29) is 41.2 Å². The number of nitro benzene ring substituents is 1. The summed E-state index contributed by atoms with van der Waals surface area (Å²) in [6.45, 7) is -0.118. The highest BCUT2D eigenvalue weighted by molar-refractivity contribution is 9.10. The number of hydrogen-bond donors (Lipinski definition) is 1. The zero-order valence-electron chi connectivity index (χ0n) is 14.6. The number of ether oxygens (including phenoxy) is 1. The highest BCUT2D eigenvalue weighted by Crippen LogP contribution is 2.29. The van der Waals surface area contributed by atoms with Gasteiger partial charge in [0.05, 0.1) is 28.8 Å². The van der Waals surface area contributed by atoms with Gasteiger partial charge in [0.2, 0.25) is 5.91 Å². The minimum Gasteiger partial charge on any atom is -0.495 e. The first-order valence-corrected chi connectivity index (χ1v) is 8.89. The van der Waals surface area contributed by atoms with Crippen molar-refractivity contribution in [3.05, 3.63) is 62.1 Å². The fourth-order valence-electron chi connectivity index (χ4n) is 2.80. The molecule has 0 atom stereocenters. The van der Waals surface area contributed by atoms with Crippen molar-refractivity contribution in [3.8, 4) is 5.75 Å². The van der Waals surface area contributed by atoms with Crippen molar-refractivity contribution in [2.24, 2.45) is 0 Å². The van der Waals surface area contributed by atoms with E-state index in [1.54, 1.807) is 18.2 Å². The Hall–Kier alpha value is -3.27. The van der Waals surface area contributed by atoms with Gasteiger partial charge in [-0.2, -0.15) is 0 Å². The lowest BCUT2D eigenvalue weighted by Gasteiger charge is -2.14. The van der Waals surface area contributed by atoms with Crippen LogP contribution < -0.4 is 10.1 Å². The molecular formula is C18H14BrN3O6. The second-order valence-corrected chi connectivity index (χ2v) is 6.81. The summed E-state index contributed by atoms with van der Waals surface area (Å²) in [6, 6.07) is 8.57. The highest BCUT2D eigenvalue weighted by atomic mass is 79.9. The van der Waals surface area contributed by atoms with Crippen molar-refractivity contribution >= 4 is 45.0 Å². The third kappa shape index (κ3) is 3.72. The minimum absolute atomic E-state index is 0.118. The van der Waals surface area contributed by atoms with Crippen LogP contribution in [-0.2, 0) is 4.79 Å². The molecule has 2 aromatic rings. The van der Waals surface area contributed by atoms with Gasteiger partial charge >= 0.3 is 0 Å². The third-order valence-electron chi connectivity index (χ3n) is 4.16. The van der Waals surface area contributed by atoms with Crippen LogP contribution >= 0.6 is 15.9 Å². The number of imide groups is 1. The van der Waals surface area contributed by atoms with Gasteiger partial charge < -0.3 is 10.1 Å². The average Bonchev–Trinajstić information content (AvgIpc) is 2.89. The van der Waals surface area contributed by atoms with E-state index in [1.807, 2.05) is 0 Å². The Morgan fingerprint density at radius 2 is 1.89 bits per heavy atom. The fourth-order valence-corrected chi connectivity index (χ4v) is 3.16. The first-order chi connectivity index (χ1) is 13.3. The molecular weight excluding hydrogens is 434 g/mol. The number of nitrogens with zero attached hydrogens (tertiary/aromatic N) is 2. The zero-order chi connectivity index (χ0) is 20.4. The second kappa shape index (κ2) is 7.77. The van der Waals surface area contributed by atoms with Gasteiger partial charge in [-0.3, -0.25) is 29.4 Å². The Labute approximate surface area is 167 Å². The van der Waals surface area contributed by atoms with Crippen molar-refractivity contribution < 1.29 is 24.0 Å². The van der Waals surface area contributed by atoms with Crippen LogP contribution in [0.15, 0.2) is 40.9 Å². The molecule has 0 saturated carbocycles. The van der Waals surface area contributed by atoms with Crippen LogP contribution in [0.4, 0.5) is 11.4 Å². The maximum Gasteiger partial charge on any atom is 0.271 e. The monoisotopic (exact) mass is 447 g/mol. The summed E-state index contributed by atoms with van der Waals surface area (Å²) in [7, 11) is 1.37. The molecule has 1 aliphatic rings. The number of rotatable bonds is 6. The first kappa shape index (κ1) is 19.5. The molecule has 3 rings (SSSR count). The molecule has 1 N–H and O–H groups in total. The smallest absolute Gasteiger partial charge is 0.271 e. The number of methoxy groups -OCH3 is 1. The summed E-state index contributed by atoms with van der Waals surface area (Å²) in [5.74, 6) is -1.20. The fraction of sp³-hybridized carbons (Fsp3) is 0.167. The van der Waals surface area contributed by atoms with Gasteiger partial charge in [-0.1, -0.05) is 15.9 Å². The number of carbonyl (C=O) groups excluding carboxylic acids is 3. The SMILES string of the molecule is COc1ccc([N+](=O)[O-])cc1NC(=O)CCN1C(=O)c2ccc(Br)cc2C1=O. The van der Waals surface area contributed by atoms with Gasteiger partial charge in [0.15, 0.2) is 0 Å². The van der Waals surface area contributed by atoms with Crippen LogP contribution in [-0.4, -0.2) is 41.2 Å². The molecule has 10 heteroatoms. The lowest BCUT2D eigenvalue weighted by Crippen LogP contribution is -2.32. The molecule has 0 saturated heterocycles. The maximum absolute atomic E-state index is 12.4. The van der Waals surface area contributed by atoms with E-state index in [0.29, 0.717) is 4.47 Å². The molecule has 0 unspecified atom stereocenters. The van der Waals surface area contributed by atoms with Crippen LogP contribution in [0.1, 0.15) is 27.1 Å². The summed E-state index contributed by atoms with van der Waals surface area (Å²) in [6.07, 6.45) is -0.168. The van der Waals surface area contributed by atoms with Gasteiger partial charge in [-0.15, -0.1) is 0 Å². The number of non-ortho nitro benzene ring substituents is 1. The van der Waals surface area contributed by atoms with E-state index in [9.17, 15) is 24.5 Å².